The third-order valence-electron chi connectivity index (χ3n) is 2.07. The van der Waals surface area contributed by atoms with E-state index in [1.54, 1.807) is 0 Å². The molecule has 0 amide bonds. The molecule has 1 aliphatic rings. The molecule has 15 heavy (non-hydrogen) atoms. The van der Waals surface area contributed by atoms with Crippen LogP contribution in [0.5, 0.6) is 0 Å². The Morgan fingerprint density at radius 2 is 2.00 bits per heavy atom. The first-order valence-electron chi connectivity index (χ1n) is 4.59. The van der Waals surface area contributed by atoms with Crippen LogP contribution in [0.1, 0.15) is 25.7 Å². The molecule has 88 valence electrons. The first-order chi connectivity index (χ1) is 7.06. The van der Waals surface area contributed by atoms with Crippen molar-refractivity contribution in [1.82, 2.24) is 0 Å². The second-order valence-electron chi connectivity index (χ2n) is 3.15. The van der Waals surface area contributed by atoms with Gasteiger partial charge in [-0.15, -0.1) is 0 Å². The van der Waals surface area contributed by atoms with Crippen LogP contribution in [0.4, 0.5) is 0 Å². The van der Waals surface area contributed by atoms with Gasteiger partial charge in [-0.3, -0.25) is 9.05 Å². The topological polar surface area (TPSA) is 44.8 Å². The summed E-state index contributed by atoms with van der Waals surface area (Å²) >= 11 is 10.7. The Morgan fingerprint density at radius 1 is 1.40 bits per heavy atom. The van der Waals surface area contributed by atoms with E-state index in [1.807, 2.05) is 0 Å². The molecule has 0 aromatic carbocycles. The molecular weight excluding hydrogens is 262 g/mol. The molecular formula is C8H13Cl2O4P. The summed E-state index contributed by atoms with van der Waals surface area (Å²) in [6, 6.07) is 0. The Balaban J connectivity index is 2.51. The molecule has 0 bridgehead atoms. The highest BCUT2D eigenvalue weighted by atomic mass is 35.5. The van der Waals surface area contributed by atoms with Gasteiger partial charge in [0.15, 0.2) is 0 Å². The Hall–Kier alpha value is 0.270. The quantitative estimate of drug-likeness (QED) is 0.562. The summed E-state index contributed by atoms with van der Waals surface area (Å²) in [5.41, 5.74) is 0. The molecule has 0 aromatic heterocycles. The lowest BCUT2D eigenvalue weighted by molar-refractivity contribution is 0.117. The van der Waals surface area contributed by atoms with E-state index in [1.165, 1.54) is 7.11 Å². The highest BCUT2D eigenvalue weighted by molar-refractivity contribution is 7.48. The standard InChI is InChI=1S/C8H13Cl2O4P/c1-12-15(11,13-6-8(9)10)14-7-4-2-3-5-7/h6-7H,2-5H2,1H3. The molecule has 0 heterocycles. The molecule has 1 atom stereocenters. The Morgan fingerprint density at radius 3 is 2.47 bits per heavy atom. The summed E-state index contributed by atoms with van der Waals surface area (Å²) in [4.78, 5) is 0. The van der Waals surface area contributed by atoms with Crippen molar-refractivity contribution in [3.8, 4) is 0 Å². The van der Waals surface area contributed by atoms with E-state index >= 15 is 0 Å². The molecule has 1 fully saturated rings. The van der Waals surface area contributed by atoms with Crippen LogP contribution in [0.15, 0.2) is 10.8 Å². The largest absolute Gasteiger partial charge is 0.529 e. The van der Waals surface area contributed by atoms with Crippen LogP contribution >= 0.6 is 31.0 Å². The number of phosphoric ester groups is 1. The molecule has 1 saturated carbocycles. The van der Waals surface area contributed by atoms with Crippen molar-refractivity contribution in [3.05, 3.63) is 10.8 Å². The monoisotopic (exact) mass is 274 g/mol. The number of hydrogen-bond acceptors (Lipinski definition) is 4. The van der Waals surface area contributed by atoms with Gasteiger partial charge in [0.2, 0.25) is 0 Å². The minimum absolute atomic E-state index is 0.0710. The fourth-order valence-electron chi connectivity index (χ4n) is 1.39. The number of halogens is 2. The summed E-state index contributed by atoms with van der Waals surface area (Å²) in [6.45, 7) is 0. The first-order valence-corrected chi connectivity index (χ1v) is 6.81. The van der Waals surface area contributed by atoms with Gasteiger partial charge in [0.05, 0.1) is 6.10 Å². The maximum absolute atomic E-state index is 11.8. The Bertz CT molecular complexity index is 272. The van der Waals surface area contributed by atoms with Crippen LogP contribution in [0.2, 0.25) is 0 Å². The third kappa shape index (κ3) is 4.75. The maximum atomic E-state index is 11.8. The minimum atomic E-state index is -3.55. The van der Waals surface area contributed by atoms with E-state index < -0.39 is 7.82 Å². The molecule has 0 aromatic rings. The van der Waals surface area contributed by atoms with Gasteiger partial charge in [0.1, 0.15) is 10.8 Å². The number of rotatable bonds is 5. The van der Waals surface area contributed by atoms with Crippen molar-refractivity contribution in [3.63, 3.8) is 0 Å². The van der Waals surface area contributed by atoms with Crippen LogP contribution in [0.25, 0.3) is 0 Å². The number of phosphoric acid groups is 1. The Labute approximate surface area is 99.1 Å². The smallest absolute Gasteiger partial charge is 0.409 e. The lowest BCUT2D eigenvalue weighted by atomic mass is 10.3. The van der Waals surface area contributed by atoms with E-state index in [2.05, 4.69) is 0 Å². The van der Waals surface area contributed by atoms with Gasteiger partial charge < -0.3 is 4.52 Å². The summed E-state index contributed by atoms with van der Waals surface area (Å²) in [6.07, 6.45) is 4.76. The molecule has 1 unspecified atom stereocenters. The van der Waals surface area contributed by atoms with Crippen molar-refractivity contribution in [2.45, 2.75) is 31.8 Å². The average molecular weight is 275 g/mol. The zero-order chi connectivity index (χ0) is 11.3. The molecule has 0 spiro atoms. The molecule has 0 aliphatic heterocycles. The van der Waals surface area contributed by atoms with Gasteiger partial charge in [-0.05, 0) is 12.8 Å². The molecule has 0 radical (unpaired) electrons. The van der Waals surface area contributed by atoms with Crippen LogP contribution in [0, 0.1) is 0 Å². The van der Waals surface area contributed by atoms with Crippen molar-refractivity contribution in [2.75, 3.05) is 7.11 Å². The first kappa shape index (κ1) is 13.3. The lowest BCUT2D eigenvalue weighted by Gasteiger charge is -2.18. The zero-order valence-electron chi connectivity index (χ0n) is 8.32. The van der Waals surface area contributed by atoms with Crippen LogP contribution in [-0.4, -0.2) is 13.2 Å². The van der Waals surface area contributed by atoms with Gasteiger partial charge in [-0.2, -0.15) is 0 Å². The van der Waals surface area contributed by atoms with Gasteiger partial charge in [0.25, 0.3) is 0 Å². The van der Waals surface area contributed by atoms with E-state index in [9.17, 15) is 4.57 Å². The fraction of sp³-hybridized carbons (Fsp3) is 0.750. The Kier molecular flexibility index (Phi) is 5.44. The highest BCUT2D eigenvalue weighted by Crippen LogP contribution is 2.52. The van der Waals surface area contributed by atoms with E-state index in [0.717, 1.165) is 31.9 Å². The normalized spacial score (nSPS) is 21.0. The average Bonchev–Trinajstić information content (AvgIpc) is 2.67. The molecule has 1 rings (SSSR count). The summed E-state index contributed by atoms with van der Waals surface area (Å²) < 4.78 is 26.4. The van der Waals surface area contributed by atoms with Crippen LogP contribution in [-0.2, 0) is 18.1 Å². The van der Waals surface area contributed by atoms with E-state index in [4.69, 9.17) is 36.8 Å². The second kappa shape index (κ2) is 6.12. The zero-order valence-corrected chi connectivity index (χ0v) is 10.7. The molecule has 7 heteroatoms. The van der Waals surface area contributed by atoms with Crippen molar-refractivity contribution >= 4 is 31.0 Å². The van der Waals surface area contributed by atoms with Gasteiger partial charge >= 0.3 is 7.82 Å². The molecule has 0 N–H and O–H groups in total. The fourth-order valence-corrected chi connectivity index (χ4v) is 2.64. The highest BCUT2D eigenvalue weighted by Gasteiger charge is 2.31. The molecule has 1 aliphatic carbocycles. The van der Waals surface area contributed by atoms with Gasteiger partial charge in [-0.25, -0.2) is 4.57 Å². The SMILES string of the molecule is COP(=O)(OC=C(Cl)Cl)OC1CCCC1. The predicted octanol–water partition coefficient (Wildman–Crippen LogP) is 3.99. The summed E-state index contributed by atoms with van der Waals surface area (Å²) in [5, 5.41) is 0. The molecule has 0 saturated heterocycles. The molecule has 4 nitrogen and oxygen atoms in total. The van der Waals surface area contributed by atoms with Crippen molar-refractivity contribution < 1.29 is 18.1 Å². The minimum Gasteiger partial charge on any atom is -0.409 e. The second-order valence-corrected chi connectivity index (χ2v) is 5.84. The van der Waals surface area contributed by atoms with Gasteiger partial charge in [0, 0.05) is 7.11 Å². The predicted molar refractivity (Wildman–Crippen MR) is 58.8 cm³/mol. The summed E-state index contributed by atoms with van der Waals surface area (Å²) in [7, 11) is -2.29. The van der Waals surface area contributed by atoms with Crippen molar-refractivity contribution in [1.29, 1.82) is 0 Å². The van der Waals surface area contributed by atoms with Crippen LogP contribution in [0.3, 0.4) is 0 Å². The lowest BCUT2D eigenvalue weighted by Crippen LogP contribution is -2.07. The van der Waals surface area contributed by atoms with Crippen molar-refractivity contribution in [2.24, 2.45) is 0 Å². The van der Waals surface area contributed by atoms with Crippen LogP contribution < -0.4 is 0 Å². The van der Waals surface area contributed by atoms with Gasteiger partial charge in [-0.1, -0.05) is 36.0 Å². The van der Waals surface area contributed by atoms with E-state index in [-0.39, 0.29) is 10.6 Å². The number of hydrogen-bond donors (Lipinski definition) is 0. The van der Waals surface area contributed by atoms with E-state index in [0.29, 0.717) is 0 Å². The summed E-state index contributed by atoms with van der Waals surface area (Å²) in [5.74, 6) is 0. The maximum Gasteiger partial charge on any atom is 0.529 e. The third-order valence-corrected chi connectivity index (χ3v) is 3.62.